The molecular weight excluding hydrogens is 420 g/mol. The van der Waals surface area contributed by atoms with E-state index >= 15 is 0 Å². The number of hydrogen-bond donors (Lipinski definition) is 0. The van der Waals surface area contributed by atoms with E-state index in [0.29, 0.717) is 29.6 Å². The molecule has 2 fully saturated rings. The van der Waals surface area contributed by atoms with Crippen molar-refractivity contribution < 1.29 is 13.2 Å². The molecule has 1 amide bonds. The maximum absolute atomic E-state index is 13.3. The maximum Gasteiger partial charge on any atom is 0.243 e. The summed E-state index contributed by atoms with van der Waals surface area (Å²) < 4.78 is 27.4. The lowest BCUT2D eigenvalue weighted by Gasteiger charge is -2.30. The first-order valence-corrected chi connectivity index (χ1v) is 12.5. The quantitative estimate of drug-likeness (QED) is 0.709. The minimum atomic E-state index is -3.45. The fraction of sp³-hybridized carbons (Fsp3) is 0.435. The molecule has 2 unspecified atom stereocenters. The Labute approximate surface area is 182 Å². The highest BCUT2D eigenvalue weighted by molar-refractivity contribution is 7.89. The van der Waals surface area contributed by atoms with Gasteiger partial charge in [0.1, 0.15) is 0 Å². The number of benzene rings is 2. The standard InChI is InChI=1S/C23H25ClN2O3S/c24-21-8-2-1-7-18(21)19-15-20(19)23(27)26-13-5-6-16-14-17(9-10-22(16)26)30(28,29)25-11-3-4-12-25/h1-2,7-10,14,19-20H,3-6,11-13,15H2. The van der Waals surface area contributed by atoms with E-state index in [1.165, 1.54) is 0 Å². The van der Waals surface area contributed by atoms with E-state index < -0.39 is 10.0 Å². The Morgan fingerprint density at radius 3 is 2.53 bits per heavy atom. The van der Waals surface area contributed by atoms with E-state index in [9.17, 15) is 13.2 Å². The van der Waals surface area contributed by atoms with Gasteiger partial charge in [0.05, 0.1) is 4.90 Å². The Kier molecular flexibility index (Phi) is 5.12. The molecule has 1 aliphatic carbocycles. The van der Waals surface area contributed by atoms with Crippen molar-refractivity contribution in [3.05, 3.63) is 58.6 Å². The second-order valence-corrected chi connectivity index (χ2v) is 10.8. The molecule has 1 saturated heterocycles. The van der Waals surface area contributed by atoms with Crippen LogP contribution < -0.4 is 4.90 Å². The summed E-state index contributed by atoms with van der Waals surface area (Å²) in [6.07, 6.45) is 4.28. The van der Waals surface area contributed by atoms with Crippen LogP contribution in [0.1, 0.15) is 42.7 Å². The minimum absolute atomic E-state index is 0.0520. The maximum atomic E-state index is 13.3. The molecule has 0 radical (unpaired) electrons. The summed E-state index contributed by atoms with van der Waals surface area (Å²) in [7, 11) is -3.45. The first-order chi connectivity index (χ1) is 14.5. The van der Waals surface area contributed by atoms with E-state index in [2.05, 4.69) is 0 Å². The zero-order valence-corrected chi connectivity index (χ0v) is 18.3. The molecule has 3 aliphatic rings. The molecule has 7 heteroatoms. The van der Waals surface area contributed by atoms with Crippen LogP contribution in [0.4, 0.5) is 5.69 Å². The fourth-order valence-electron chi connectivity index (χ4n) is 4.83. The Hall–Kier alpha value is -1.89. The van der Waals surface area contributed by atoms with Gasteiger partial charge in [0.25, 0.3) is 0 Å². The molecule has 0 aromatic heterocycles. The molecule has 30 heavy (non-hydrogen) atoms. The Bertz CT molecular complexity index is 1100. The molecule has 2 aromatic carbocycles. The van der Waals surface area contributed by atoms with Crippen LogP contribution in [-0.4, -0.2) is 38.3 Å². The number of hydrogen-bond acceptors (Lipinski definition) is 3. The van der Waals surface area contributed by atoms with E-state index in [1.54, 1.807) is 16.4 Å². The van der Waals surface area contributed by atoms with Crippen molar-refractivity contribution in [1.82, 2.24) is 4.31 Å². The number of carbonyl (C=O) groups is 1. The van der Waals surface area contributed by atoms with Gasteiger partial charge in [-0.15, -0.1) is 0 Å². The third-order valence-corrected chi connectivity index (χ3v) is 8.79. The highest BCUT2D eigenvalue weighted by Crippen LogP contribution is 2.51. The molecule has 158 valence electrons. The van der Waals surface area contributed by atoms with Crippen molar-refractivity contribution >= 4 is 33.2 Å². The second kappa shape index (κ2) is 7.66. The smallest absolute Gasteiger partial charge is 0.243 e. The lowest BCUT2D eigenvalue weighted by molar-refractivity contribution is -0.120. The molecule has 2 aromatic rings. The van der Waals surface area contributed by atoms with Gasteiger partial charge in [-0.3, -0.25) is 4.79 Å². The van der Waals surface area contributed by atoms with Crippen LogP contribution in [0.2, 0.25) is 5.02 Å². The predicted molar refractivity (Wildman–Crippen MR) is 117 cm³/mol. The molecule has 2 atom stereocenters. The van der Waals surface area contributed by atoms with Crippen molar-refractivity contribution in [3.8, 4) is 0 Å². The van der Waals surface area contributed by atoms with E-state index in [0.717, 1.165) is 48.9 Å². The van der Waals surface area contributed by atoms with E-state index in [-0.39, 0.29) is 17.7 Å². The van der Waals surface area contributed by atoms with Crippen LogP contribution in [-0.2, 0) is 21.2 Å². The topological polar surface area (TPSA) is 57.7 Å². The van der Waals surface area contributed by atoms with Gasteiger partial charge in [-0.2, -0.15) is 4.31 Å². The number of rotatable bonds is 4. The third kappa shape index (κ3) is 3.45. The van der Waals surface area contributed by atoms with Crippen molar-refractivity contribution in [2.24, 2.45) is 5.92 Å². The van der Waals surface area contributed by atoms with Crippen LogP contribution >= 0.6 is 11.6 Å². The van der Waals surface area contributed by atoms with Crippen molar-refractivity contribution in [1.29, 1.82) is 0 Å². The molecular formula is C23H25ClN2O3S. The van der Waals surface area contributed by atoms with E-state index in [1.807, 2.05) is 35.2 Å². The molecule has 5 rings (SSSR count). The van der Waals surface area contributed by atoms with Gasteiger partial charge in [0, 0.05) is 36.3 Å². The monoisotopic (exact) mass is 444 g/mol. The minimum Gasteiger partial charge on any atom is -0.312 e. The Morgan fingerprint density at radius 2 is 1.77 bits per heavy atom. The van der Waals surface area contributed by atoms with E-state index in [4.69, 9.17) is 11.6 Å². The number of aryl methyl sites for hydroxylation is 1. The molecule has 0 spiro atoms. The number of fused-ring (bicyclic) bond motifs is 1. The van der Waals surface area contributed by atoms with Crippen molar-refractivity contribution in [3.63, 3.8) is 0 Å². The first-order valence-electron chi connectivity index (χ1n) is 10.7. The summed E-state index contributed by atoms with van der Waals surface area (Å²) in [6.45, 7) is 1.86. The third-order valence-electron chi connectivity index (χ3n) is 6.55. The van der Waals surface area contributed by atoms with Gasteiger partial charge >= 0.3 is 0 Å². The zero-order chi connectivity index (χ0) is 20.9. The molecule has 5 nitrogen and oxygen atoms in total. The molecule has 2 aliphatic heterocycles. The van der Waals surface area contributed by atoms with Crippen molar-refractivity contribution in [2.45, 2.75) is 42.9 Å². The fourth-order valence-corrected chi connectivity index (χ4v) is 6.67. The summed E-state index contributed by atoms with van der Waals surface area (Å²) in [5.41, 5.74) is 2.85. The predicted octanol–water partition coefficient (Wildman–Crippen LogP) is 4.21. The Morgan fingerprint density at radius 1 is 1.00 bits per heavy atom. The summed E-state index contributed by atoms with van der Waals surface area (Å²) in [5, 5.41) is 0.716. The molecule has 0 N–H and O–H groups in total. The SMILES string of the molecule is O=C(C1CC1c1ccccc1Cl)N1CCCc2cc(S(=O)(=O)N3CCCC3)ccc21. The van der Waals surface area contributed by atoms with Crippen LogP contribution in [0, 0.1) is 5.92 Å². The number of sulfonamides is 1. The average molecular weight is 445 g/mol. The number of amides is 1. The number of halogens is 1. The molecule has 2 heterocycles. The Balaban J connectivity index is 1.38. The van der Waals surface area contributed by atoms with Gasteiger partial charge in [-0.25, -0.2) is 8.42 Å². The average Bonchev–Trinajstić information content (AvgIpc) is 3.33. The van der Waals surface area contributed by atoms with Crippen molar-refractivity contribution in [2.75, 3.05) is 24.5 Å². The number of anilines is 1. The summed E-state index contributed by atoms with van der Waals surface area (Å²) in [5.74, 6) is 0.242. The number of carbonyl (C=O) groups excluding carboxylic acids is 1. The van der Waals surface area contributed by atoms with Crippen LogP contribution in [0.15, 0.2) is 47.4 Å². The van der Waals surface area contributed by atoms with Gasteiger partial charge in [0.15, 0.2) is 0 Å². The first kappa shape index (κ1) is 20.0. The highest BCUT2D eigenvalue weighted by Gasteiger charge is 2.47. The lowest BCUT2D eigenvalue weighted by atomic mass is 10.0. The summed E-state index contributed by atoms with van der Waals surface area (Å²) in [4.78, 5) is 15.5. The normalized spacial score (nSPS) is 24.0. The van der Waals surface area contributed by atoms with Gasteiger partial charge < -0.3 is 4.90 Å². The molecule has 0 bridgehead atoms. The van der Waals surface area contributed by atoms with Gasteiger partial charge in [0.2, 0.25) is 15.9 Å². The molecule has 1 saturated carbocycles. The lowest BCUT2D eigenvalue weighted by Crippen LogP contribution is -2.37. The summed E-state index contributed by atoms with van der Waals surface area (Å²) in [6, 6.07) is 13.0. The number of nitrogens with zero attached hydrogens (tertiary/aromatic N) is 2. The van der Waals surface area contributed by atoms with Crippen LogP contribution in [0.3, 0.4) is 0 Å². The van der Waals surface area contributed by atoms with Gasteiger partial charge in [-0.05, 0) is 73.4 Å². The zero-order valence-electron chi connectivity index (χ0n) is 16.8. The second-order valence-electron chi connectivity index (χ2n) is 8.47. The van der Waals surface area contributed by atoms with Crippen LogP contribution in [0.25, 0.3) is 0 Å². The highest BCUT2D eigenvalue weighted by atomic mass is 35.5. The van der Waals surface area contributed by atoms with Gasteiger partial charge in [-0.1, -0.05) is 29.8 Å². The summed E-state index contributed by atoms with van der Waals surface area (Å²) >= 11 is 6.32. The largest absolute Gasteiger partial charge is 0.312 e. The van der Waals surface area contributed by atoms with Crippen LogP contribution in [0.5, 0.6) is 0 Å².